The molecule has 0 radical (unpaired) electrons. The van der Waals surface area contributed by atoms with Crippen molar-refractivity contribution in [3.05, 3.63) is 28.3 Å². The van der Waals surface area contributed by atoms with Crippen molar-refractivity contribution in [2.45, 2.75) is 25.3 Å². The van der Waals surface area contributed by atoms with Crippen LogP contribution in [0.4, 0.5) is 17.1 Å². The molecule has 1 atom stereocenters. The summed E-state index contributed by atoms with van der Waals surface area (Å²) in [6.07, 6.45) is 3.44. The zero-order valence-electron chi connectivity index (χ0n) is 12.0. The summed E-state index contributed by atoms with van der Waals surface area (Å²) in [6, 6.07) is 5.79. The van der Waals surface area contributed by atoms with Crippen molar-refractivity contribution in [1.29, 1.82) is 0 Å². The fourth-order valence-corrected chi connectivity index (χ4v) is 3.52. The molecule has 7 heteroatoms. The number of para-hydroxylation sites is 1. The quantitative estimate of drug-likeness (QED) is 0.499. The maximum absolute atomic E-state index is 11.4. The van der Waals surface area contributed by atoms with Crippen LogP contribution in [0.3, 0.4) is 0 Å². The Hall–Kier alpha value is -1.86. The van der Waals surface area contributed by atoms with Gasteiger partial charge in [-0.1, -0.05) is 6.07 Å². The number of nitrogens with two attached hydrogens (primary N) is 1. The summed E-state index contributed by atoms with van der Waals surface area (Å²) in [4.78, 5) is 15.7. The highest BCUT2D eigenvalue weighted by molar-refractivity contribution is 5.76. The van der Waals surface area contributed by atoms with E-state index in [4.69, 9.17) is 5.84 Å². The van der Waals surface area contributed by atoms with Gasteiger partial charge in [-0.25, -0.2) is 0 Å². The Bertz CT molecular complexity index is 536. The molecule has 0 aliphatic carbocycles. The molecule has 1 unspecified atom stereocenters. The number of fused-ring (bicyclic) bond motifs is 1. The Morgan fingerprint density at radius 1 is 1.29 bits per heavy atom. The molecule has 1 aromatic rings. The van der Waals surface area contributed by atoms with E-state index in [9.17, 15) is 10.1 Å². The zero-order valence-corrected chi connectivity index (χ0v) is 12.0. The Balaban J connectivity index is 1.93. The molecule has 0 bridgehead atoms. The molecule has 114 valence electrons. The highest BCUT2D eigenvalue weighted by atomic mass is 16.6. The number of nitro benzene ring substituents is 1. The summed E-state index contributed by atoms with van der Waals surface area (Å²) in [5.41, 5.74) is 3.55. The SMILES string of the molecule is NNc1cccc(N2CCCN3CCCC3C2)c1[N+](=O)[O-]. The van der Waals surface area contributed by atoms with E-state index in [0.29, 0.717) is 17.4 Å². The summed E-state index contributed by atoms with van der Waals surface area (Å²) in [5.74, 6) is 5.42. The first kappa shape index (κ1) is 14.1. The number of nitrogens with one attached hydrogen (secondary N) is 1. The predicted molar refractivity (Wildman–Crippen MR) is 82.3 cm³/mol. The first-order valence-electron chi connectivity index (χ1n) is 7.43. The van der Waals surface area contributed by atoms with Crippen LogP contribution in [0.1, 0.15) is 19.3 Å². The monoisotopic (exact) mass is 291 g/mol. The summed E-state index contributed by atoms with van der Waals surface area (Å²) >= 11 is 0. The third-order valence-corrected chi connectivity index (χ3v) is 4.50. The number of nitrogens with zero attached hydrogens (tertiary/aromatic N) is 3. The Morgan fingerprint density at radius 2 is 2.10 bits per heavy atom. The number of hydrazine groups is 1. The molecule has 2 aliphatic heterocycles. The van der Waals surface area contributed by atoms with Gasteiger partial charge in [0.1, 0.15) is 11.4 Å². The largest absolute Gasteiger partial charge is 0.364 e. The molecule has 2 saturated heterocycles. The van der Waals surface area contributed by atoms with Gasteiger partial charge in [-0.15, -0.1) is 0 Å². The van der Waals surface area contributed by atoms with E-state index in [1.165, 1.54) is 12.8 Å². The second-order valence-electron chi connectivity index (χ2n) is 5.71. The summed E-state index contributed by atoms with van der Waals surface area (Å²) in [5, 5.41) is 11.4. The van der Waals surface area contributed by atoms with E-state index >= 15 is 0 Å². The van der Waals surface area contributed by atoms with Gasteiger partial charge >= 0.3 is 5.69 Å². The number of nitro groups is 1. The van der Waals surface area contributed by atoms with Crippen LogP contribution in [0.5, 0.6) is 0 Å². The molecule has 2 heterocycles. The first-order valence-corrected chi connectivity index (χ1v) is 7.43. The number of hydrogen-bond donors (Lipinski definition) is 2. The maximum Gasteiger partial charge on any atom is 0.316 e. The number of anilines is 2. The van der Waals surface area contributed by atoms with Gasteiger partial charge in [0.15, 0.2) is 0 Å². The minimum atomic E-state index is -0.345. The molecule has 2 fully saturated rings. The first-order chi connectivity index (χ1) is 10.2. The van der Waals surface area contributed by atoms with Gasteiger partial charge in [-0.3, -0.25) is 20.9 Å². The normalized spacial score (nSPS) is 22.7. The molecule has 0 saturated carbocycles. The van der Waals surface area contributed by atoms with E-state index in [1.807, 2.05) is 12.1 Å². The summed E-state index contributed by atoms with van der Waals surface area (Å²) < 4.78 is 0. The average molecular weight is 291 g/mol. The van der Waals surface area contributed by atoms with Gasteiger partial charge < -0.3 is 10.3 Å². The maximum atomic E-state index is 11.4. The van der Waals surface area contributed by atoms with Gasteiger partial charge in [-0.05, 0) is 37.9 Å². The van der Waals surface area contributed by atoms with Crippen LogP contribution in [-0.2, 0) is 0 Å². The minimum absolute atomic E-state index is 0.0754. The molecular weight excluding hydrogens is 270 g/mol. The average Bonchev–Trinajstić information content (AvgIpc) is 2.83. The van der Waals surface area contributed by atoms with E-state index in [-0.39, 0.29) is 10.6 Å². The van der Waals surface area contributed by atoms with Crippen LogP contribution in [0, 0.1) is 10.1 Å². The molecule has 21 heavy (non-hydrogen) atoms. The van der Waals surface area contributed by atoms with Gasteiger partial charge in [0, 0.05) is 25.7 Å². The highest BCUT2D eigenvalue weighted by Gasteiger charge is 2.31. The van der Waals surface area contributed by atoms with Crippen molar-refractivity contribution >= 4 is 17.1 Å². The predicted octanol–water partition coefficient (Wildman–Crippen LogP) is 1.55. The fraction of sp³-hybridized carbons (Fsp3) is 0.571. The highest BCUT2D eigenvalue weighted by Crippen LogP contribution is 2.36. The minimum Gasteiger partial charge on any atom is -0.364 e. The molecular formula is C14H21N5O2. The van der Waals surface area contributed by atoms with E-state index in [2.05, 4.69) is 15.2 Å². The lowest BCUT2D eigenvalue weighted by Crippen LogP contribution is -2.36. The standard InChI is InChI=1S/C14H21N5O2/c15-16-12-5-1-6-13(14(12)19(20)21)18-9-3-8-17-7-2-4-11(17)10-18/h1,5-6,11,16H,2-4,7-10,15H2. The molecule has 2 aliphatic rings. The van der Waals surface area contributed by atoms with Crippen molar-refractivity contribution in [3.8, 4) is 0 Å². The molecule has 1 aromatic carbocycles. The lowest BCUT2D eigenvalue weighted by Gasteiger charge is -2.27. The second-order valence-corrected chi connectivity index (χ2v) is 5.71. The molecule has 0 amide bonds. The topological polar surface area (TPSA) is 87.7 Å². The number of benzene rings is 1. The fourth-order valence-electron chi connectivity index (χ4n) is 3.52. The molecule has 3 N–H and O–H groups in total. The molecule has 7 nitrogen and oxygen atoms in total. The molecule has 3 rings (SSSR count). The Labute approximate surface area is 123 Å². The van der Waals surface area contributed by atoms with Crippen LogP contribution in [0.2, 0.25) is 0 Å². The summed E-state index contributed by atoms with van der Waals surface area (Å²) in [7, 11) is 0. The number of nitrogen functional groups attached to an aromatic ring is 1. The van der Waals surface area contributed by atoms with Gasteiger partial charge in [0.2, 0.25) is 0 Å². The van der Waals surface area contributed by atoms with E-state index in [0.717, 1.165) is 32.6 Å². The van der Waals surface area contributed by atoms with Crippen molar-refractivity contribution in [2.75, 3.05) is 36.5 Å². The lowest BCUT2D eigenvalue weighted by atomic mass is 10.1. The van der Waals surface area contributed by atoms with Crippen molar-refractivity contribution < 1.29 is 4.92 Å². The van der Waals surface area contributed by atoms with Crippen molar-refractivity contribution in [2.24, 2.45) is 5.84 Å². The second kappa shape index (κ2) is 5.87. The van der Waals surface area contributed by atoms with Crippen molar-refractivity contribution in [3.63, 3.8) is 0 Å². The third kappa shape index (κ3) is 2.66. The lowest BCUT2D eigenvalue weighted by molar-refractivity contribution is -0.383. The number of hydrogen-bond acceptors (Lipinski definition) is 6. The third-order valence-electron chi connectivity index (χ3n) is 4.50. The van der Waals surface area contributed by atoms with E-state index < -0.39 is 0 Å². The Morgan fingerprint density at radius 3 is 2.86 bits per heavy atom. The van der Waals surface area contributed by atoms with Gasteiger partial charge in [0.25, 0.3) is 0 Å². The smallest absolute Gasteiger partial charge is 0.316 e. The molecule has 0 aromatic heterocycles. The van der Waals surface area contributed by atoms with Crippen LogP contribution in [0.15, 0.2) is 18.2 Å². The summed E-state index contributed by atoms with van der Waals surface area (Å²) in [6.45, 7) is 3.95. The van der Waals surface area contributed by atoms with Gasteiger partial charge in [-0.2, -0.15) is 0 Å². The van der Waals surface area contributed by atoms with Crippen LogP contribution >= 0.6 is 0 Å². The van der Waals surface area contributed by atoms with Crippen LogP contribution < -0.4 is 16.2 Å². The van der Waals surface area contributed by atoms with Crippen LogP contribution in [0.25, 0.3) is 0 Å². The molecule has 0 spiro atoms. The van der Waals surface area contributed by atoms with Crippen molar-refractivity contribution in [1.82, 2.24) is 4.90 Å². The van der Waals surface area contributed by atoms with E-state index in [1.54, 1.807) is 6.07 Å². The van der Waals surface area contributed by atoms with Gasteiger partial charge in [0.05, 0.1) is 4.92 Å². The van der Waals surface area contributed by atoms with Crippen LogP contribution in [-0.4, -0.2) is 42.0 Å². The Kier molecular flexibility index (Phi) is 3.94. The number of rotatable bonds is 3. The zero-order chi connectivity index (χ0) is 14.8.